The highest BCUT2D eigenvalue weighted by atomic mass is 16.4. The third-order valence-electron chi connectivity index (χ3n) is 2.56. The molecule has 0 radical (unpaired) electrons. The van der Waals surface area contributed by atoms with Crippen molar-refractivity contribution in [1.29, 1.82) is 0 Å². The van der Waals surface area contributed by atoms with E-state index >= 15 is 0 Å². The van der Waals surface area contributed by atoms with Crippen LogP contribution in [0.4, 0.5) is 0 Å². The van der Waals surface area contributed by atoms with Crippen LogP contribution in [0.3, 0.4) is 0 Å². The normalized spacial score (nSPS) is 14.1. The Balaban J connectivity index is 4.09. The van der Waals surface area contributed by atoms with Gasteiger partial charge in [-0.15, -0.1) is 0 Å². The largest absolute Gasteiger partial charge is 0.481 e. The zero-order chi connectivity index (χ0) is 14.6. The second-order valence-electron chi connectivity index (χ2n) is 6.59. The second kappa shape index (κ2) is 6.18. The van der Waals surface area contributed by atoms with Gasteiger partial charge in [-0.3, -0.25) is 9.59 Å². The van der Waals surface area contributed by atoms with E-state index in [1.807, 2.05) is 20.8 Å². The van der Waals surface area contributed by atoms with Crippen LogP contribution >= 0.6 is 0 Å². The molecule has 5 nitrogen and oxygen atoms in total. The molecular formula is C13H25NO4. The summed E-state index contributed by atoms with van der Waals surface area (Å²) in [6.45, 7) is 9.18. The van der Waals surface area contributed by atoms with Gasteiger partial charge in [-0.25, -0.2) is 0 Å². The van der Waals surface area contributed by atoms with Gasteiger partial charge in [-0.2, -0.15) is 0 Å². The number of amides is 1. The standard InChI is InChI=1S/C13H25NO4/c1-12(2,3)6-9(15)8-14-10(16)7-13(4,5)11(17)18/h9,15H,6-8H2,1-5H3,(H,14,16)(H,17,18). The van der Waals surface area contributed by atoms with Gasteiger partial charge in [0, 0.05) is 13.0 Å². The van der Waals surface area contributed by atoms with Crippen molar-refractivity contribution in [2.75, 3.05) is 6.54 Å². The smallest absolute Gasteiger partial charge is 0.309 e. The molecule has 1 atom stereocenters. The molecule has 0 spiro atoms. The topological polar surface area (TPSA) is 86.6 Å². The molecule has 1 amide bonds. The highest BCUT2D eigenvalue weighted by molar-refractivity contribution is 5.84. The van der Waals surface area contributed by atoms with E-state index in [1.54, 1.807) is 0 Å². The number of carbonyl (C=O) groups is 2. The predicted octanol–water partition coefficient (Wildman–Crippen LogP) is 1.40. The molecule has 0 aromatic rings. The number of carboxylic acid groups (broad SMARTS) is 1. The van der Waals surface area contributed by atoms with E-state index in [9.17, 15) is 14.7 Å². The van der Waals surface area contributed by atoms with Crippen LogP contribution in [-0.2, 0) is 9.59 Å². The first-order valence-corrected chi connectivity index (χ1v) is 6.12. The van der Waals surface area contributed by atoms with Gasteiger partial charge in [0.2, 0.25) is 5.91 Å². The molecule has 0 aromatic heterocycles. The maximum Gasteiger partial charge on any atom is 0.309 e. The van der Waals surface area contributed by atoms with Crippen LogP contribution in [0.5, 0.6) is 0 Å². The van der Waals surface area contributed by atoms with Gasteiger partial charge in [0.05, 0.1) is 11.5 Å². The predicted molar refractivity (Wildman–Crippen MR) is 69.1 cm³/mol. The van der Waals surface area contributed by atoms with Crippen molar-refractivity contribution in [3.05, 3.63) is 0 Å². The van der Waals surface area contributed by atoms with Crippen LogP contribution in [0.1, 0.15) is 47.5 Å². The van der Waals surface area contributed by atoms with E-state index in [-0.39, 0.29) is 24.3 Å². The highest BCUT2D eigenvalue weighted by Gasteiger charge is 2.30. The lowest BCUT2D eigenvalue weighted by Crippen LogP contribution is -2.38. The number of rotatable bonds is 6. The van der Waals surface area contributed by atoms with E-state index in [2.05, 4.69) is 5.32 Å². The lowest BCUT2D eigenvalue weighted by molar-refractivity contribution is -0.149. The van der Waals surface area contributed by atoms with Crippen LogP contribution in [0.15, 0.2) is 0 Å². The minimum Gasteiger partial charge on any atom is -0.481 e. The van der Waals surface area contributed by atoms with Crippen molar-refractivity contribution in [1.82, 2.24) is 5.32 Å². The first kappa shape index (κ1) is 16.9. The van der Waals surface area contributed by atoms with Crippen molar-refractivity contribution in [2.24, 2.45) is 10.8 Å². The van der Waals surface area contributed by atoms with Crippen LogP contribution < -0.4 is 5.32 Å². The fourth-order valence-corrected chi connectivity index (χ4v) is 1.55. The summed E-state index contributed by atoms with van der Waals surface area (Å²) < 4.78 is 0. The minimum atomic E-state index is -1.08. The average Bonchev–Trinajstić information content (AvgIpc) is 2.11. The summed E-state index contributed by atoms with van der Waals surface area (Å²) in [4.78, 5) is 22.4. The molecule has 0 aliphatic heterocycles. The van der Waals surface area contributed by atoms with Gasteiger partial charge in [0.15, 0.2) is 0 Å². The number of hydrogen-bond donors (Lipinski definition) is 3. The maximum atomic E-state index is 11.5. The molecule has 0 aliphatic rings. The number of hydrogen-bond acceptors (Lipinski definition) is 3. The Labute approximate surface area is 109 Å². The summed E-state index contributed by atoms with van der Waals surface area (Å²) >= 11 is 0. The van der Waals surface area contributed by atoms with Gasteiger partial charge in [-0.05, 0) is 25.7 Å². The van der Waals surface area contributed by atoms with Gasteiger partial charge in [0.1, 0.15) is 0 Å². The Morgan fingerprint density at radius 3 is 2.06 bits per heavy atom. The minimum absolute atomic E-state index is 0.00944. The monoisotopic (exact) mass is 259 g/mol. The fraction of sp³-hybridized carbons (Fsp3) is 0.846. The SMILES string of the molecule is CC(C)(C)CC(O)CNC(=O)CC(C)(C)C(=O)O. The number of aliphatic hydroxyl groups is 1. The fourth-order valence-electron chi connectivity index (χ4n) is 1.55. The second-order valence-corrected chi connectivity index (χ2v) is 6.59. The lowest BCUT2D eigenvalue weighted by Gasteiger charge is -2.23. The van der Waals surface area contributed by atoms with Crippen LogP contribution in [-0.4, -0.2) is 34.7 Å². The molecular weight excluding hydrogens is 234 g/mol. The molecule has 18 heavy (non-hydrogen) atoms. The van der Waals surface area contributed by atoms with Gasteiger partial charge in [0.25, 0.3) is 0 Å². The van der Waals surface area contributed by atoms with E-state index in [4.69, 9.17) is 5.11 Å². The maximum absolute atomic E-state index is 11.5. The molecule has 5 heteroatoms. The van der Waals surface area contributed by atoms with Gasteiger partial charge in [-0.1, -0.05) is 20.8 Å². The van der Waals surface area contributed by atoms with Crippen molar-refractivity contribution < 1.29 is 19.8 Å². The number of nitrogens with one attached hydrogen (secondary N) is 1. The molecule has 0 heterocycles. The van der Waals surface area contributed by atoms with Crippen LogP contribution in [0.25, 0.3) is 0 Å². The molecule has 106 valence electrons. The molecule has 0 aromatic carbocycles. The number of aliphatic carboxylic acids is 1. The summed E-state index contributed by atoms with van der Waals surface area (Å²) in [7, 11) is 0. The third-order valence-corrected chi connectivity index (χ3v) is 2.56. The molecule has 0 saturated heterocycles. The number of aliphatic hydroxyl groups excluding tert-OH is 1. The molecule has 0 rings (SSSR count). The van der Waals surface area contributed by atoms with Crippen molar-refractivity contribution >= 4 is 11.9 Å². The Morgan fingerprint density at radius 1 is 1.17 bits per heavy atom. The molecule has 0 aliphatic carbocycles. The number of carbonyl (C=O) groups excluding carboxylic acids is 1. The lowest BCUT2D eigenvalue weighted by atomic mass is 9.88. The van der Waals surface area contributed by atoms with Crippen molar-refractivity contribution in [3.8, 4) is 0 Å². The van der Waals surface area contributed by atoms with E-state index in [0.717, 1.165) is 0 Å². The molecule has 3 N–H and O–H groups in total. The molecule has 0 fully saturated rings. The van der Waals surface area contributed by atoms with Crippen molar-refractivity contribution in [3.63, 3.8) is 0 Å². The van der Waals surface area contributed by atoms with E-state index < -0.39 is 17.5 Å². The van der Waals surface area contributed by atoms with E-state index in [1.165, 1.54) is 13.8 Å². The Kier molecular flexibility index (Phi) is 5.80. The first-order valence-electron chi connectivity index (χ1n) is 6.12. The van der Waals surface area contributed by atoms with Crippen LogP contribution in [0, 0.1) is 10.8 Å². The zero-order valence-corrected chi connectivity index (χ0v) is 11.9. The average molecular weight is 259 g/mol. The van der Waals surface area contributed by atoms with Crippen LogP contribution in [0.2, 0.25) is 0 Å². The van der Waals surface area contributed by atoms with E-state index in [0.29, 0.717) is 6.42 Å². The molecule has 0 saturated carbocycles. The summed E-state index contributed by atoms with van der Waals surface area (Å²) in [5.41, 5.74) is -1.09. The van der Waals surface area contributed by atoms with Gasteiger partial charge < -0.3 is 15.5 Å². The van der Waals surface area contributed by atoms with Gasteiger partial charge >= 0.3 is 5.97 Å². The highest BCUT2D eigenvalue weighted by Crippen LogP contribution is 2.21. The Bertz CT molecular complexity index is 305. The first-order chi connectivity index (χ1) is 7.94. The zero-order valence-electron chi connectivity index (χ0n) is 11.9. The summed E-state index contributed by atoms with van der Waals surface area (Å²) in [6.07, 6.45) is -0.123. The quantitative estimate of drug-likeness (QED) is 0.673. The third kappa shape index (κ3) is 7.27. The summed E-state index contributed by atoms with van der Waals surface area (Å²) in [5, 5.41) is 21.2. The summed E-state index contributed by atoms with van der Waals surface area (Å²) in [6, 6.07) is 0. The Hall–Kier alpha value is -1.10. The summed E-state index contributed by atoms with van der Waals surface area (Å²) in [5.74, 6) is -1.36. The number of carboxylic acids is 1. The molecule has 0 bridgehead atoms. The van der Waals surface area contributed by atoms with Crippen molar-refractivity contribution in [2.45, 2.75) is 53.6 Å². The molecule has 1 unspecified atom stereocenters. The Morgan fingerprint density at radius 2 is 1.67 bits per heavy atom.